The van der Waals surface area contributed by atoms with E-state index in [1.807, 2.05) is 13.0 Å². The van der Waals surface area contributed by atoms with E-state index in [0.717, 1.165) is 0 Å². The molecule has 1 aromatic heterocycles. The van der Waals surface area contributed by atoms with Gasteiger partial charge in [0.1, 0.15) is 16.8 Å². The highest BCUT2D eigenvalue weighted by molar-refractivity contribution is 6.30. The molecule has 0 aliphatic carbocycles. The van der Waals surface area contributed by atoms with Crippen LogP contribution in [-0.4, -0.2) is 30.8 Å². The zero-order valence-electron chi connectivity index (χ0n) is 11.1. The molecule has 20 heavy (non-hydrogen) atoms. The number of pyridine rings is 1. The maximum atomic E-state index is 11.9. The van der Waals surface area contributed by atoms with Crippen LogP contribution in [0.25, 0.3) is 5.57 Å². The topological polar surface area (TPSA) is 101 Å². The molecule has 0 radical (unpaired) electrons. The zero-order valence-corrected chi connectivity index (χ0v) is 11.8. The third kappa shape index (κ3) is 3.33. The Labute approximate surface area is 121 Å². The summed E-state index contributed by atoms with van der Waals surface area (Å²) in [4.78, 5) is 19.9. The van der Waals surface area contributed by atoms with Gasteiger partial charge in [-0.1, -0.05) is 11.6 Å². The van der Waals surface area contributed by atoms with Gasteiger partial charge in [0.15, 0.2) is 0 Å². The largest absolute Gasteiger partial charge is 0.465 e. The molecular weight excluding hydrogens is 280 g/mol. The first-order valence-corrected chi connectivity index (χ1v) is 6.07. The highest BCUT2D eigenvalue weighted by atomic mass is 35.5. The summed E-state index contributed by atoms with van der Waals surface area (Å²) in [6.07, 6.45) is 2.71. The lowest BCUT2D eigenvalue weighted by atomic mass is 10.0. The molecule has 0 saturated heterocycles. The summed E-state index contributed by atoms with van der Waals surface area (Å²) in [5.41, 5.74) is 6.15. The van der Waals surface area contributed by atoms with Crippen molar-refractivity contribution in [3.63, 3.8) is 0 Å². The van der Waals surface area contributed by atoms with Gasteiger partial charge in [-0.3, -0.25) is 4.99 Å². The Morgan fingerprint density at radius 2 is 2.40 bits per heavy atom. The minimum atomic E-state index is -0.690. The van der Waals surface area contributed by atoms with Crippen molar-refractivity contribution < 1.29 is 9.53 Å². The molecule has 1 rings (SSSR count). The third-order valence-corrected chi connectivity index (χ3v) is 2.56. The lowest BCUT2D eigenvalue weighted by molar-refractivity contribution is 0.0599. The lowest BCUT2D eigenvalue weighted by Gasteiger charge is -2.09. The van der Waals surface area contributed by atoms with Crippen molar-refractivity contribution in [1.82, 2.24) is 4.98 Å². The second kappa shape index (κ2) is 7.26. The molecule has 1 heterocycles. The summed E-state index contributed by atoms with van der Waals surface area (Å²) in [7, 11) is 1.22. The standard InChI is InChI=1S/C13H13ClN4O2/c1-3-17-7-9(6-16)12-11(13(19)20-2)8(5-15)4-10(14)18-12/h4,6-7H,3,16H2,1-2H3. The average molecular weight is 293 g/mol. The first kappa shape index (κ1) is 15.7. The van der Waals surface area contributed by atoms with E-state index in [1.165, 1.54) is 25.6 Å². The normalized spacial score (nSPS) is 11.4. The van der Waals surface area contributed by atoms with Crippen LogP contribution >= 0.6 is 11.6 Å². The van der Waals surface area contributed by atoms with E-state index in [2.05, 4.69) is 14.7 Å². The predicted molar refractivity (Wildman–Crippen MR) is 76.5 cm³/mol. The summed E-state index contributed by atoms with van der Waals surface area (Å²) in [6.45, 7) is 2.38. The molecule has 2 N–H and O–H groups in total. The van der Waals surface area contributed by atoms with Gasteiger partial charge in [-0.15, -0.1) is 0 Å². The van der Waals surface area contributed by atoms with Gasteiger partial charge in [0.05, 0.1) is 18.4 Å². The van der Waals surface area contributed by atoms with E-state index in [9.17, 15) is 4.79 Å². The van der Waals surface area contributed by atoms with Crippen LogP contribution in [0.15, 0.2) is 17.3 Å². The molecule has 0 aromatic carbocycles. The Morgan fingerprint density at radius 1 is 1.70 bits per heavy atom. The summed E-state index contributed by atoms with van der Waals surface area (Å²) in [6, 6.07) is 3.18. The lowest BCUT2D eigenvalue weighted by Crippen LogP contribution is -2.11. The molecule has 0 saturated carbocycles. The zero-order chi connectivity index (χ0) is 15.1. The SMILES string of the molecule is CCN=CC(=CN)c1nc(Cl)cc(C#N)c1C(=O)OC. The van der Waals surface area contributed by atoms with Crippen LogP contribution in [-0.2, 0) is 4.74 Å². The van der Waals surface area contributed by atoms with Crippen LogP contribution in [0.5, 0.6) is 0 Å². The van der Waals surface area contributed by atoms with E-state index in [1.54, 1.807) is 0 Å². The Balaban J connectivity index is 3.59. The van der Waals surface area contributed by atoms with Crippen LogP contribution < -0.4 is 5.73 Å². The molecule has 6 nitrogen and oxygen atoms in total. The Kier molecular flexibility index (Phi) is 5.69. The molecule has 0 aliphatic rings. The molecule has 0 unspecified atom stereocenters. The van der Waals surface area contributed by atoms with Gasteiger partial charge < -0.3 is 10.5 Å². The number of rotatable bonds is 4. The van der Waals surface area contributed by atoms with Crippen LogP contribution in [0, 0.1) is 11.3 Å². The number of aromatic nitrogens is 1. The van der Waals surface area contributed by atoms with Gasteiger partial charge in [0.25, 0.3) is 0 Å². The molecule has 0 amide bonds. The molecule has 0 atom stereocenters. The van der Waals surface area contributed by atoms with E-state index in [-0.39, 0.29) is 22.0 Å². The summed E-state index contributed by atoms with van der Waals surface area (Å²) in [5.74, 6) is -0.690. The number of esters is 1. The average Bonchev–Trinajstić information content (AvgIpc) is 2.46. The molecule has 0 aliphatic heterocycles. The van der Waals surface area contributed by atoms with Gasteiger partial charge in [0, 0.05) is 24.5 Å². The molecule has 104 valence electrons. The third-order valence-electron chi connectivity index (χ3n) is 2.36. The number of aliphatic imine (C=N–C) groups is 1. The van der Waals surface area contributed by atoms with Crippen LogP contribution in [0.1, 0.15) is 28.5 Å². The van der Waals surface area contributed by atoms with Crippen LogP contribution in [0.4, 0.5) is 0 Å². The van der Waals surface area contributed by atoms with Gasteiger partial charge in [-0.2, -0.15) is 5.26 Å². The monoisotopic (exact) mass is 292 g/mol. The number of halogens is 1. The van der Waals surface area contributed by atoms with Crippen molar-refractivity contribution in [2.75, 3.05) is 13.7 Å². The molecule has 0 bridgehead atoms. The summed E-state index contributed by atoms with van der Waals surface area (Å²) < 4.78 is 4.67. The van der Waals surface area contributed by atoms with Gasteiger partial charge >= 0.3 is 5.97 Å². The molecule has 1 aromatic rings. The van der Waals surface area contributed by atoms with Crippen LogP contribution in [0.3, 0.4) is 0 Å². The van der Waals surface area contributed by atoms with E-state index < -0.39 is 5.97 Å². The number of carbonyl (C=O) groups excluding carboxylic acids is 1. The minimum Gasteiger partial charge on any atom is -0.465 e. The van der Waals surface area contributed by atoms with Gasteiger partial charge in [0.2, 0.25) is 0 Å². The molecule has 0 spiro atoms. The number of hydrogen-bond donors (Lipinski definition) is 1. The van der Waals surface area contributed by atoms with E-state index in [0.29, 0.717) is 12.1 Å². The van der Waals surface area contributed by atoms with Crippen molar-refractivity contribution >= 4 is 29.4 Å². The summed E-state index contributed by atoms with van der Waals surface area (Å²) >= 11 is 5.86. The smallest absolute Gasteiger partial charge is 0.341 e. The number of ether oxygens (including phenoxy) is 1. The van der Waals surface area contributed by atoms with Crippen molar-refractivity contribution in [1.29, 1.82) is 5.26 Å². The number of nitriles is 1. The fourth-order valence-electron chi connectivity index (χ4n) is 1.49. The highest BCUT2D eigenvalue weighted by Gasteiger charge is 2.21. The number of methoxy groups -OCH3 is 1. The number of allylic oxidation sites excluding steroid dienone is 1. The number of nitrogens with zero attached hydrogens (tertiary/aromatic N) is 3. The van der Waals surface area contributed by atoms with E-state index >= 15 is 0 Å². The molecule has 7 heteroatoms. The van der Waals surface area contributed by atoms with E-state index in [4.69, 9.17) is 22.6 Å². The quantitative estimate of drug-likeness (QED) is 0.518. The fraction of sp³-hybridized carbons (Fsp3) is 0.231. The predicted octanol–water partition coefficient (Wildman–Crippen LogP) is 1.78. The first-order chi connectivity index (χ1) is 9.58. The maximum absolute atomic E-state index is 11.9. The number of hydrogen-bond acceptors (Lipinski definition) is 6. The van der Waals surface area contributed by atoms with Crippen molar-refractivity contribution in [2.24, 2.45) is 10.7 Å². The summed E-state index contributed by atoms with van der Waals surface area (Å²) in [5, 5.41) is 9.19. The Hall–Kier alpha value is -2.39. The van der Waals surface area contributed by atoms with Crippen molar-refractivity contribution in [2.45, 2.75) is 6.92 Å². The number of nitrogens with two attached hydrogens (primary N) is 1. The maximum Gasteiger partial charge on any atom is 0.341 e. The van der Waals surface area contributed by atoms with Gasteiger partial charge in [-0.05, 0) is 13.0 Å². The molecular formula is C13H13ClN4O2. The first-order valence-electron chi connectivity index (χ1n) is 5.70. The molecule has 0 fully saturated rings. The number of carbonyl (C=O) groups is 1. The fourth-order valence-corrected chi connectivity index (χ4v) is 1.69. The minimum absolute atomic E-state index is 0.0126. The van der Waals surface area contributed by atoms with Crippen molar-refractivity contribution in [3.05, 3.63) is 34.2 Å². The second-order valence-electron chi connectivity index (χ2n) is 3.57. The van der Waals surface area contributed by atoms with Gasteiger partial charge in [-0.25, -0.2) is 9.78 Å². The highest BCUT2D eigenvalue weighted by Crippen LogP contribution is 2.23. The second-order valence-corrected chi connectivity index (χ2v) is 3.96. The van der Waals surface area contributed by atoms with Crippen LogP contribution in [0.2, 0.25) is 5.15 Å². The Morgan fingerprint density at radius 3 is 2.90 bits per heavy atom. The Bertz CT molecular complexity index is 618. The van der Waals surface area contributed by atoms with Crippen molar-refractivity contribution in [3.8, 4) is 6.07 Å².